The lowest BCUT2D eigenvalue weighted by atomic mass is 9.96. The Hall–Kier alpha value is -4.04. The topological polar surface area (TPSA) is 115 Å². The fourth-order valence-electron chi connectivity index (χ4n) is 4.41. The highest BCUT2D eigenvalue weighted by Gasteiger charge is 2.38. The van der Waals surface area contributed by atoms with Crippen LogP contribution in [-0.4, -0.2) is 34.9 Å². The van der Waals surface area contributed by atoms with E-state index in [1.165, 1.54) is 0 Å². The summed E-state index contributed by atoms with van der Waals surface area (Å²) in [4.78, 5) is 45.4. The van der Waals surface area contributed by atoms with Gasteiger partial charge in [-0.1, -0.05) is 30.3 Å². The van der Waals surface area contributed by atoms with E-state index in [2.05, 4.69) is 10.4 Å². The third-order valence-corrected chi connectivity index (χ3v) is 6.03. The van der Waals surface area contributed by atoms with Crippen molar-refractivity contribution in [2.24, 2.45) is 11.8 Å². The van der Waals surface area contributed by atoms with Crippen LogP contribution in [0.4, 0.5) is 5.69 Å². The molecule has 1 unspecified atom stereocenters. The number of benzene rings is 2. The van der Waals surface area contributed by atoms with E-state index < -0.39 is 23.4 Å². The van der Waals surface area contributed by atoms with Gasteiger partial charge in [0.1, 0.15) is 11.5 Å². The average molecular weight is 487 g/mol. The van der Waals surface area contributed by atoms with Crippen molar-refractivity contribution < 1.29 is 19.1 Å². The van der Waals surface area contributed by atoms with Crippen LogP contribution in [0.3, 0.4) is 0 Å². The Labute approximate surface area is 210 Å². The maximum Gasteiger partial charge on any atom is 0.319 e. The molecule has 2 aromatic carbocycles. The van der Waals surface area contributed by atoms with Gasteiger partial charge in [-0.25, -0.2) is 5.84 Å². The summed E-state index contributed by atoms with van der Waals surface area (Å²) >= 11 is 0. The fourth-order valence-corrected chi connectivity index (χ4v) is 4.41. The number of anilines is 1. The fraction of sp³-hybridized carbons (Fsp3) is 0.286. The molecule has 2 amide bonds. The van der Waals surface area contributed by atoms with E-state index in [-0.39, 0.29) is 12.3 Å². The van der Waals surface area contributed by atoms with Gasteiger partial charge in [-0.15, -0.1) is 0 Å². The minimum Gasteiger partial charge on any atom is -0.459 e. The summed E-state index contributed by atoms with van der Waals surface area (Å²) in [6.07, 6.45) is 3.99. The molecule has 4 rings (SSSR count). The van der Waals surface area contributed by atoms with Crippen LogP contribution in [0.25, 0.3) is 11.1 Å². The molecule has 1 aliphatic rings. The van der Waals surface area contributed by atoms with Crippen molar-refractivity contribution in [2.75, 3.05) is 11.4 Å². The van der Waals surface area contributed by atoms with Gasteiger partial charge in [0, 0.05) is 30.2 Å². The van der Waals surface area contributed by atoms with Crippen LogP contribution in [0.5, 0.6) is 0 Å². The largest absolute Gasteiger partial charge is 0.459 e. The molecule has 1 aromatic heterocycles. The third-order valence-electron chi connectivity index (χ3n) is 6.03. The zero-order valence-electron chi connectivity index (χ0n) is 20.7. The Morgan fingerprint density at radius 2 is 1.75 bits per heavy atom. The minimum absolute atomic E-state index is 0.209. The molecule has 8 heteroatoms. The lowest BCUT2D eigenvalue weighted by Crippen LogP contribution is -2.42. The molecule has 8 nitrogen and oxygen atoms in total. The number of carbonyl (C=O) groups is 3. The molecular weight excluding hydrogens is 456 g/mol. The second-order valence-electron chi connectivity index (χ2n) is 9.75. The molecule has 0 aliphatic carbocycles. The first-order valence-electron chi connectivity index (χ1n) is 11.8. The van der Waals surface area contributed by atoms with Gasteiger partial charge in [-0.3, -0.25) is 24.8 Å². The number of hydrogen-bond acceptors (Lipinski definition) is 6. The van der Waals surface area contributed by atoms with Crippen molar-refractivity contribution in [2.45, 2.75) is 39.2 Å². The van der Waals surface area contributed by atoms with Gasteiger partial charge in [0.15, 0.2) is 0 Å². The molecule has 1 atom stereocenters. The minimum atomic E-state index is -1.03. The Morgan fingerprint density at radius 3 is 2.39 bits per heavy atom. The van der Waals surface area contributed by atoms with E-state index in [9.17, 15) is 14.4 Å². The van der Waals surface area contributed by atoms with Gasteiger partial charge < -0.3 is 9.64 Å². The number of nitrogens with two attached hydrogens (primary N) is 1. The molecular formula is C28H30N4O4. The standard InChI is InChI=1S/C28H30N4O4/c1-28(2,3)36-27(35)23(15-18-7-5-4-6-8-18)26(34)32-14-11-21-22(25(33)31-29)16-20(17-24(21)32)19-9-12-30-13-10-19/h4-10,12-13,16-17,23H,11,14-15,29H2,1-3H3,(H,31,33). The number of hydrazine groups is 1. The predicted molar refractivity (Wildman–Crippen MR) is 137 cm³/mol. The molecule has 0 radical (unpaired) electrons. The Bertz CT molecular complexity index is 1270. The number of fused-ring (bicyclic) bond motifs is 1. The Balaban J connectivity index is 1.76. The first-order chi connectivity index (χ1) is 17.2. The van der Waals surface area contributed by atoms with Crippen molar-refractivity contribution in [1.29, 1.82) is 0 Å². The highest BCUT2D eigenvalue weighted by molar-refractivity contribution is 6.09. The Morgan fingerprint density at radius 1 is 1.06 bits per heavy atom. The van der Waals surface area contributed by atoms with Gasteiger partial charge in [0.05, 0.1) is 0 Å². The first-order valence-corrected chi connectivity index (χ1v) is 11.8. The van der Waals surface area contributed by atoms with Crippen LogP contribution >= 0.6 is 0 Å². The van der Waals surface area contributed by atoms with Crippen molar-refractivity contribution in [1.82, 2.24) is 10.4 Å². The smallest absolute Gasteiger partial charge is 0.319 e. The summed E-state index contributed by atoms with van der Waals surface area (Å²) in [5, 5.41) is 0. The third kappa shape index (κ3) is 5.44. The van der Waals surface area contributed by atoms with Crippen LogP contribution in [0.1, 0.15) is 42.3 Å². The van der Waals surface area contributed by atoms with Crippen LogP contribution in [0, 0.1) is 5.92 Å². The number of nitrogen functional groups attached to an aromatic ring is 1. The second-order valence-corrected chi connectivity index (χ2v) is 9.75. The van der Waals surface area contributed by atoms with Crippen molar-refractivity contribution in [3.8, 4) is 11.1 Å². The molecule has 3 N–H and O–H groups in total. The van der Waals surface area contributed by atoms with Crippen molar-refractivity contribution in [3.05, 3.63) is 83.7 Å². The average Bonchev–Trinajstić information content (AvgIpc) is 3.30. The summed E-state index contributed by atoms with van der Waals surface area (Å²) in [5.41, 5.74) is 5.61. The molecule has 0 spiro atoms. The number of amides is 2. The number of nitrogens with one attached hydrogen (secondary N) is 1. The van der Waals surface area contributed by atoms with Gasteiger partial charge in [-0.2, -0.15) is 0 Å². The van der Waals surface area contributed by atoms with E-state index in [0.717, 1.165) is 16.7 Å². The lowest BCUT2D eigenvalue weighted by molar-refractivity contribution is -0.162. The zero-order valence-corrected chi connectivity index (χ0v) is 20.7. The van der Waals surface area contributed by atoms with E-state index >= 15 is 0 Å². The number of ether oxygens (including phenoxy) is 1. The summed E-state index contributed by atoms with van der Waals surface area (Å²) in [7, 11) is 0. The summed E-state index contributed by atoms with van der Waals surface area (Å²) < 4.78 is 5.64. The molecule has 3 aromatic rings. The number of hydrogen-bond donors (Lipinski definition) is 2. The van der Waals surface area contributed by atoms with Crippen molar-refractivity contribution >= 4 is 23.5 Å². The highest BCUT2D eigenvalue weighted by Crippen LogP contribution is 2.37. The molecule has 0 saturated heterocycles. The molecule has 2 heterocycles. The van der Waals surface area contributed by atoms with E-state index in [4.69, 9.17) is 10.6 Å². The quantitative estimate of drug-likeness (QED) is 0.181. The summed E-state index contributed by atoms with van der Waals surface area (Å²) in [5.74, 6) is 3.05. The molecule has 36 heavy (non-hydrogen) atoms. The van der Waals surface area contributed by atoms with Crippen LogP contribution in [-0.2, 0) is 27.2 Å². The SMILES string of the molecule is CC(C)(C)OC(=O)C(Cc1ccccc1)C(=O)N1CCc2c(C(=O)NN)cc(-c3ccncc3)cc21. The molecule has 0 bridgehead atoms. The van der Waals surface area contributed by atoms with E-state index in [0.29, 0.717) is 29.8 Å². The predicted octanol–water partition coefficient (Wildman–Crippen LogP) is 3.44. The van der Waals surface area contributed by atoms with E-state index in [1.807, 2.05) is 48.5 Å². The maximum atomic E-state index is 13.9. The number of nitrogens with zero attached hydrogens (tertiary/aromatic N) is 2. The van der Waals surface area contributed by atoms with Crippen LogP contribution in [0.15, 0.2) is 67.0 Å². The molecule has 0 saturated carbocycles. The van der Waals surface area contributed by atoms with Crippen molar-refractivity contribution in [3.63, 3.8) is 0 Å². The number of aromatic nitrogens is 1. The van der Waals surface area contributed by atoms with Gasteiger partial charge in [0.2, 0.25) is 5.91 Å². The summed E-state index contributed by atoms with van der Waals surface area (Å²) in [6.45, 7) is 5.67. The highest BCUT2D eigenvalue weighted by atomic mass is 16.6. The number of rotatable bonds is 6. The number of esters is 1. The van der Waals surface area contributed by atoms with Crippen LogP contribution in [0.2, 0.25) is 0 Å². The maximum absolute atomic E-state index is 13.9. The zero-order chi connectivity index (χ0) is 25.9. The Kier molecular flexibility index (Phi) is 7.17. The molecule has 0 fully saturated rings. The summed E-state index contributed by atoms with van der Waals surface area (Å²) in [6, 6.07) is 16.7. The second kappa shape index (κ2) is 10.3. The van der Waals surface area contributed by atoms with Gasteiger partial charge in [0.25, 0.3) is 5.91 Å². The van der Waals surface area contributed by atoms with E-state index in [1.54, 1.807) is 44.1 Å². The molecule has 1 aliphatic heterocycles. The van der Waals surface area contributed by atoms with Gasteiger partial charge >= 0.3 is 5.97 Å². The number of pyridine rings is 1. The molecule has 186 valence electrons. The normalized spacial score (nSPS) is 13.6. The van der Waals surface area contributed by atoms with Crippen LogP contribution < -0.4 is 16.2 Å². The van der Waals surface area contributed by atoms with Gasteiger partial charge in [-0.05, 0) is 80.1 Å². The first kappa shape index (κ1) is 25.1. The lowest BCUT2D eigenvalue weighted by Gasteiger charge is -2.27. The number of carbonyl (C=O) groups excluding carboxylic acids is 3. The monoisotopic (exact) mass is 486 g/mol.